The van der Waals surface area contributed by atoms with Crippen LogP contribution in [0, 0.1) is 6.92 Å². The average molecular weight is 383 g/mol. The zero-order valence-electron chi connectivity index (χ0n) is 15.0. The fraction of sp³-hybridized carbons (Fsp3) is 0.190. The largest absolute Gasteiger partial charge is 0.503 e. The molecule has 5 nitrogen and oxygen atoms in total. The smallest absolute Gasteiger partial charge is 0.306 e. The van der Waals surface area contributed by atoms with Crippen LogP contribution in [0.5, 0.6) is 5.75 Å². The van der Waals surface area contributed by atoms with Gasteiger partial charge < -0.3 is 5.11 Å². The van der Waals surface area contributed by atoms with E-state index in [2.05, 4.69) is 0 Å². The monoisotopic (exact) mass is 383 g/mol. The highest BCUT2D eigenvalue weighted by molar-refractivity contribution is 7.90. The third-order valence-electron chi connectivity index (χ3n) is 4.45. The lowest BCUT2D eigenvalue weighted by molar-refractivity contribution is 0.455. The highest BCUT2D eigenvalue weighted by Crippen LogP contribution is 2.18. The van der Waals surface area contributed by atoms with Gasteiger partial charge in [0.1, 0.15) is 0 Å². The van der Waals surface area contributed by atoms with Crippen LogP contribution in [0.25, 0.3) is 0 Å². The highest BCUT2D eigenvalue weighted by atomic mass is 32.2. The van der Waals surface area contributed by atoms with Crippen molar-refractivity contribution >= 4 is 10.0 Å². The summed E-state index contributed by atoms with van der Waals surface area (Å²) in [4.78, 5) is 12.4. The molecule has 2 aromatic carbocycles. The van der Waals surface area contributed by atoms with E-state index >= 15 is 0 Å². The van der Waals surface area contributed by atoms with E-state index in [1.54, 1.807) is 12.1 Å². The molecule has 0 saturated heterocycles. The van der Waals surface area contributed by atoms with E-state index < -0.39 is 21.3 Å². The number of aryl methyl sites for hydroxylation is 3. The quantitative estimate of drug-likeness (QED) is 0.709. The second-order valence-electron chi connectivity index (χ2n) is 6.45. The highest BCUT2D eigenvalue weighted by Gasteiger charge is 2.21. The van der Waals surface area contributed by atoms with Crippen LogP contribution in [0.15, 0.2) is 76.6 Å². The van der Waals surface area contributed by atoms with Gasteiger partial charge in [-0.1, -0.05) is 48.0 Å². The molecule has 0 aliphatic rings. The lowest BCUT2D eigenvalue weighted by atomic mass is 10.0. The van der Waals surface area contributed by atoms with Crippen LogP contribution in [0.3, 0.4) is 0 Å². The Hall–Kier alpha value is -2.86. The first-order valence-electron chi connectivity index (χ1n) is 8.69. The minimum Gasteiger partial charge on any atom is -0.503 e. The van der Waals surface area contributed by atoms with E-state index in [1.165, 1.54) is 30.0 Å². The summed E-state index contributed by atoms with van der Waals surface area (Å²) in [7, 11) is -4.04. The van der Waals surface area contributed by atoms with Crippen molar-refractivity contribution in [2.45, 2.75) is 31.1 Å². The minimum atomic E-state index is -4.04. The molecular weight excluding hydrogens is 362 g/mol. The summed E-state index contributed by atoms with van der Waals surface area (Å²) in [6, 6.07) is 17.6. The van der Waals surface area contributed by atoms with Crippen molar-refractivity contribution in [1.82, 2.24) is 3.97 Å². The van der Waals surface area contributed by atoms with E-state index in [0.29, 0.717) is 16.0 Å². The molecule has 6 heteroatoms. The van der Waals surface area contributed by atoms with Crippen molar-refractivity contribution in [3.8, 4) is 5.75 Å². The van der Waals surface area contributed by atoms with E-state index in [9.17, 15) is 18.3 Å². The third-order valence-corrected chi connectivity index (χ3v) is 6.12. The molecule has 27 heavy (non-hydrogen) atoms. The molecule has 1 N–H and O–H groups in total. The van der Waals surface area contributed by atoms with E-state index in [4.69, 9.17) is 0 Å². The predicted molar refractivity (Wildman–Crippen MR) is 105 cm³/mol. The van der Waals surface area contributed by atoms with Crippen molar-refractivity contribution < 1.29 is 13.5 Å². The number of rotatable bonds is 6. The Balaban J connectivity index is 1.82. The van der Waals surface area contributed by atoms with Crippen LogP contribution < -0.4 is 5.56 Å². The van der Waals surface area contributed by atoms with Gasteiger partial charge in [0, 0.05) is 11.8 Å². The molecular formula is C21H21NO4S. The summed E-state index contributed by atoms with van der Waals surface area (Å²) in [5.41, 5.74) is 1.62. The Labute approximate surface area is 158 Å². The molecule has 3 aromatic rings. The zero-order chi connectivity index (χ0) is 19.4. The molecule has 1 aromatic heterocycles. The number of pyridine rings is 1. The van der Waals surface area contributed by atoms with E-state index in [-0.39, 0.29) is 4.90 Å². The van der Waals surface area contributed by atoms with Crippen LogP contribution in [-0.4, -0.2) is 17.5 Å². The summed E-state index contributed by atoms with van der Waals surface area (Å²) < 4.78 is 26.0. The lowest BCUT2D eigenvalue weighted by Gasteiger charge is -2.11. The van der Waals surface area contributed by atoms with Gasteiger partial charge in [-0.2, -0.15) is 0 Å². The first-order chi connectivity index (χ1) is 12.9. The van der Waals surface area contributed by atoms with Gasteiger partial charge >= 0.3 is 5.56 Å². The van der Waals surface area contributed by atoms with Crippen LogP contribution in [0.1, 0.15) is 23.1 Å². The first-order valence-corrected chi connectivity index (χ1v) is 10.1. The van der Waals surface area contributed by atoms with Crippen molar-refractivity contribution in [2.24, 2.45) is 0 Å². The van der Waals surface area contributed by atoms with Gasteiger partial charge in [0.2, 0.25) is 0 Å². The number of benzene rings is 2. The predicted octanol–water partition coefficient (Wildman–Crippen LogP) is 3.27. The van der Waals surface area contributed by atoms with Crippen LogP contribution in [0.4, 0.5) is 0 Å². The van der Waals surface area contributed by atoms with Crippen molar-refractivity contribution in [3.05, 3.63) is 93.9 Å². The summed E-state index contributed by atoms with van der Waals surface area (Å²) in [6.45, 7) is 1.85. The lowest BCUT2D eigenvalue weighted by Crippen LogP contribution is -2.27. The van der Waals surface area contributed by atoms with Gasteiger partial charge in [0.15, 0.2) is 5.75 Å². The number of nitrogens with zero attached hydrogens (tertiary/aromatic N) is 1. The van der Waals surface area contributed by atoms with Crippen LogP contribution >= 0.6 is 0 Å². The summed E-state index contributed by atoms with van der Waals surface area (Å²) >= 11 is 0. The van der Waals surface area contributed by atoms with Gasteiger partial charge in [-0.15, -0.1) is 0 Å². The first kappa shape index (κ1) is 18.9. The van der Waals surface area contributed by atoms with Gasteiger partial charge in [-0.05, 0) is 49.9 Å². The normalized spacial score (nSPS) is 11.4. The molecule has 0 bridgehead atoms. The summed E-state index contributed by atoms with van der Waals surface area (Å²) in [6.07, 6.45) is 3.26. The van der Waals surface area contributed by atoms with Crippen molar-refractivity contribution in [2.75, 3.05) is 0 Å². The SMILES string of the molecule is Cc1ccc(S(=O)(=O)n2ccc(CCCc3ccccc3)c(O)c2=O)cc1. The molecule has 0 aliphatic heterocycles. The molecule has 0 atom stereocenters. The molecule has 0 saturated carbocycles. The molecule has 0 amide bonds. The number of hydrogen-bond acceptors (Lipinski definition) is 4. The minimum absolute atomic E-state index is 0.00595. The van der Waals surface area contributed by atoms with E-state index in [1.807, 2.05) is 37.3 Å². The number of aromatic nitrogens is 1. The fourth-order valence-corrected chi connectivity index (χ4v) is 4.12. The number of hydrogen-bond donors (Lipinski definition) is 1. The maximum atomic E-state index is 12.7. The van der Waals surface area contributed by atoms with Crippen LogP contribution in [-0.2, 0) is 22.9 Å². The zero-order valence-corrected chi connectivity index (χ0v) is 15.8. The Morgan fingerprint density at radius 2 is 1.59 bits per heavy atom. The van der Waals surface area contributed by atoms with Gasteiger partial charge in [-0.3, -0.25) is 4.79 Å². The van der Waals surface area contributed by atoms with Gasteiger partial charge in [0.25, 0.3) is 10.0 Å². The molecule has 0 aliphatic carbocycles. The second kappa shape index (κ2) is 7.80. The summed E-state index contributed by atoms with van der Waals surface area (Å²) in [5, 5.41) is 10.2. The molecule has 140 valence electrons. The Kier molecular flexibility index (Phi) is 5.46. The third kappa shape index (κ3) is 4.11. The molecule has 1 heterocycles. The molecule has 0 unspecified atom stereocenters. The fourth-order valence-electron chi connectivity index (χ4n) is 2.89. The Bertz CT molecular complexity index is 1090. The Morgan fingerprint density at radius 3 is 2.26 bits per heavy atom. The topological polar surface area (TPSA) is 76.4 Å². The molecule has 0 radical (unpaired) electrons. The average Bonchev–Trinajstić information content (AvgIpc) is 2.66. The standard InChI is InChI=1S/C21H21NO4S/c1-16-10-12-19(13-11-16)27(25,26)22-15-14-18(20(23)21(22)24)9-5-8-17-6-3-2-4-7-17/h2-4,6-7,10-15,23H,5,8-9H2,1H3. The van der Waals surface area contributed by atoms with Gasteiger partial charge in [0.05, 0.1) is 4.90 Å². The molecule has 0 fully saturated rings. The Morgan fingerprint density at radius 1 is 0.926 bits per heavy atom. The van der Waals surface area contributed by atoms with Crippen LogP contribution in [0.2, 0.25) is 0 Å². The number of aromatic hydroxyl groups is 1. The van der Waals surface area contributed by atoms with Crippen molar-refractivity contribution in [3.63, 3.8) is 0 Å². The molecule has 3 rings (SSSR count). The van der Waals surface area contributed by atoms with E-state index in [0.717, 1.165) is 18.4 Å². The van der Waals surface area contributed by atoms with Gasteiger partial charge in [-0.25, -0.2) is 12.4 Å². The second-order valence-corrected chi connectivity index (χ2v) is 8.26. The molecule has 0 spiro atoms. The maximum absolute atomic E-state index is 12.7. The van der Waals surface area contributed by atoms with Crippen molar-refractivity contribution in [1.29, 1.82) is 0 Å². The summed E-state index contributed by atoms with van der Waals surface area (Å²) in [5.74, 6) is -0.513. The maximum Gasteiger partial charge on any atom is 0.306 e.